The Kier molecular flexibility index (Phi) is 3.95. The number of benzene rings is 2. The van der Waals surface area contributed by atoms with Crippen molar-refractivity contribution < 1.29 is 0 Å². The van der Waals surface area contributed by atoms with E-state index in [9.17, 15) is 0 Å². The molecule has 2 aromatic carbocycles. The summed E-state index contributed by atoms with van der Waals surface area (Å²) < 4.78 is 0. The van der Waals surface area contributed by atoms with E-state index in [4.69, 9.17) is 0 Å². The van der Waals surface area contributed by atoms with Crippen LogP contribution in [0.2, 0.25) is 0 Å². The first-order valence-electron chi connectivity index (χ1n) is 9.15. The van der Waals surface area contributed by atoms with Gasteiger partial charge >= 0.3 is 0 Å². The van der Waals surface area contributed by atoms with Crippen molar-refractivity contribution in [2.45, 2.75) is 40.8 Å². The maximum atomic E-state index is 4.49. The lowest BCUT2D eigenvalue weighted by molar-refractivity contribution is 0.733. The van der Waals surface area contributed by atoms with Gasteiger partial charge in [0.15, 0.2) is 0 Å². The lowest BCUT2D eigenvalue weighted by Crippen LogP contribution is -2.38. The number of rotatable bonds is 2. The largest absolute Gasteiger partial charge is 0.325 e. The van der Waals surface area contributed by atoms with Gasteiger partial charge in [0.05, 0.1) is 5.52 Å². The summed E-state index contributed by atoms with van der Waals surface area (Å²) in [5.74, 6) is 0. The van der Waals surface area contributed by atoms with Crippen LogP contribution in [0.4, 0.5) is 11.4 Å². The molecule has 2 heterocycles. The van der Waals surface area contributed by atoms with Gasteiger partial charge in [-0.15, -0.1) is 0 Å². The molecule has 3 heteroatoms. The van der Waals surface area contributed by atoms with Crippen LogP contribution in [0.15, 0.2) is 60.6 Å². The van der Waals surface area contributed by atoms with Gasteiger partial charge in [0, 0.05) is 34.9 Å². The Hall–Kier alpha value is -2.81. The fraction of sp³-hybridized carbons (Fsp3) is 0.261. The van der Waals surface area contributed by atoms with Crippen molar-refractivity contribution in [3.05, 3.63) is 77.2 Å². The number of allylic oxidation sites excluding steroid dienone is 1. The molecule has 1 atom stereocenters. The Morgan fingerprint density at radius 1 is 0.885 bits per heavy atom. The van der Waals surface area contributed by atoms with Crippen molar-refractivity contribution in [1.82, 2.24) is 4.98 Å². The van der Waals surface area contributed by atoms with Crippen molar-refractivity contribution in [1.29, 1.82) is 0 Å². The zero-order valence-electron chi connectivity index (χ0n) is 16.1. The SMILES string of the molecule is CC1=CN(c2c(C)cccc2C)[C@H](C)N1c1ccc2ncccc2c1C. The lowest BCUT2D eigenvalue weighted by atomic mass is 10.1. The smallest absolute Gasteiger partial charge is 0.107 e. The Morgan fingerprint density at radius 2 is 1.62 bits per heavy atom. The molecule has 3 nitrogen and oxygen atoms in total. The lowest BCUT2D eigenvalue weighted by Gasteiger charge is -2.33. The van der Waals surface area contributed by atoms with Gasteiger partial charge in [0.2, 0.25) is 0 Å². The van der Waals surface area contributed by atoms with Crippen LogP contribution in [0.5, 0.6) is 0 Å². The molecule has 0 saturated heterocycles. The number of hydrogen-bond acceptors (Lipinski definition) is 3. The van der Waals surface area contributed by atoms with E-state index in [1.807, 2.05) is 12.3 Å². The van der Waals surface area contributed by atoms with Gasteiger partial charge in [0.1, 0.15) is 6.17 Å². The summed E-state index contributed by atoms with van der Waals surface area (Å²) in [5.41, 5.74) is 8.76. The minimum Gasteiger partial charge on any atom is -0.325 e. The third-order valence-electron chi connectivity index (χ3n) is 5.47. The minimum atomic E-state index is 0.225. The van der Waals surface area contributed by atoms with Gasteiger partial charge < -0.3 is 9.80 Å². The maximum absolute atomic E-state index is 4.49. The van der Waals surface area contributed by atoms with Crippen LogP contribution >= 0.6 is 0 Å². The van der Waals surface area contributed by atoms with E-state index in [-0.39, 0.29) is 6.17 Å². The zero-order chi connectivity index (χ0) is 18.4. The molecule has 4 rings (SSSR count). The van der Waals surface area contributed by atoms with Crippen LogP contribution < -0.4 is 9.80 Å². The topological polar surface area (TPSA) is 19.4 Å². The van der Waals surface area contributed by atoms with Gasteiger partial charge in [-0.25, -0.2) is 0 Å². The van der Waals surface area contributed by atoms with Crippen LogP contribution in [-0.2, 0) is 0 Å². The van der Waals surface area contributed by atoms with Crippen LogP contribution in [0, 0.1) is 20.8 Å². The number of nitrogens with zero attached hydrogens (tertiary/aromatic N) is 3. The predicted octanol–water partition coefficient (Wildman–Crippen LogP) is 5.69. The first kappa shape index (κ1) is 16.6. The fourth-order valence-electron chi connectivity index (χ4n) is 4.20. The highest BCUT2D eigenvalue weighted by molar-refractivity contribution is 5.88. The number of aryl methyl sites for hydroxylation is 3. The summed E-state index contributed by atoms with van der Waals surface area (Å²) >= 11 is 0. The third kappa shape index (κ3) is 2.47. The van der Waals surface area contributed by atoms with Crippen molar-refractivity contribution in [2.75, 3.05) is 9.80 Å². The van der Waals surface area contributed by atoms with Crippen molar-refractivity contribution in [3.63, 3.8) is 0 Å². The maximum Gasteiger partial charge on any atom is 0.107 e. The van der Waals surface area contributed by atoms with Crippen molar-refractivity contribution in [3.8, 4) is 0 Å². The first-order chi connectivity index (χ1) is 12.5. The van der Waals surface area contributed by atoms with Crippen LogP contribution in [-0.4, -0.2) is 11.1 Å². The molecule has 0 radical (unpaired) electrons. The molecule has 0 fully saturated rings. The molecule has 0 unspecified atom stereocenters. The summed E-state index contributed by atoms with van der Waals surface area (Å²) in [6.45, 7) is 11.0. The molecule has 1 aliphatic rings. The summed E-state index contributed by atoms with van der Waals surface area (Å²) in [5, 5.41) is 1.22. The number of aromatic nitrogens is 1. The third-order valence-corrected chi connectivity index (χ3v) is 5.47. The van der Waals surface area contributed by atoms with Crippen molar-refractivity contribution >= 4 is 22.3 Å². The Labute approximate surface area is 155 Å². The molecule has 1 aliphatic heterocycles. The summed E-state index contributed by atoms with van der Waals surface area (Å²) in [6, 6.07) is 15.0. The summed E-state index contributed by atoms with van der Waals surface area (Å²) in [7, 11) is 0. The van der Waals surface area contributed by atoms with Crippen LogP contribution in [0.3, 0.4) is 0 Å². The molecule has 0 saturated carbocycles. The highest BCUT2D eigenvalue weighted by atomic mass is 15.4. The van der Waals surface area contributed by atoms with E-state index < -0.39 is 0 Å². The first-order valence-corrected chi connectivity index (χ1v) is 9.15. The number of para-hydroxylation sites is 1. The average molecular weight is 343 g/mol. The number of hydrogen-bond donors (Lipinski definition) is 0. The summed E-state index contributed by atoms with van der Waals surface area (Å²) in [6.07, 6.45) is 4.35. The normalized spacial score (nSPS) is 17.1. The van der Waals surface area contributed by atoms with E-state index >= 15 is 0 Å². The standard InChI is InChI=1S/C23H25N3/c1-15-8-6-9-16(2)23(15)25-14-17(3)26(19(25)5)22-12-11-21-20(18(22)4)10-7-13-24-21/h6-14,19H,1-5H3/t19-/m0/s1. The van der Waals surface area contributed by atoms with Gasteiger partial charge in [-0.1, -0.05) is 24.3 Å². The predicted molar refractivity (Wildman–Crippen MR) is 111 cm³/mol. The number of pyridine rings is 1. The Bertz CT molecular complexity index is 999. The van der Waals surface area contributed by atoms with Gasteiger partial charge in [-0.05, 0) is 69.5 Å². The molecular formula is C23H25N3. The molecule has 26 heavy (non-hydrogen) atoms. The molecule has 3 aromatic rings. The molecule has 0 spiro atoms. The highest BCUT2D eigenvalue weighted by Crippen LogP contribution is 2.38. The second-order valence-corrected chi connectivity index (χ2v) is 7.20. The second kappa shape index (κ2) is 6.17. The molecule has 0 N–H and O–H groups in total. The van der Waals surface area contributed by atoms with E-state index in [1.54, 1.807) is 0 Å². The zero-order valence-corrected chi connectivity index (χ0v) is 16.1. The van der Waals surface area contributed by atoms with E-state index in [0.29, 0.717) is 0 Å². The number of fused-ring (bicyclic) bond motifs is 1. The van der Waals surface area contributed by atoms with E-state index in [1.165, 1.54) is 39.1 Å². The molecule has 132 valence electrons. The molecule has 0 bridgehead atoms. The van der Waals surface area contributed by atoms with Gasteiger partial charge in [-0.2, -0.15) is 0 Å². The highest BCUT2D eigenvalue weighted by Gasteiger charge is 2.31. The Morgan fingerprint density at radius 3 is 2.35 bits per heavy atom. The van der Waals surface area contributed by atoms with Crippen molar-refractivity contribution in [2.24, 2.45) is 0 Å². The minimum absolute atomic E-state index is 0.225. The van der Waals surface area contributed by atoms with E-state index in [0.717, 1.165) is 5.52 Å². The van der Waals surface area contributed by atoms with Crippen LogP contribution in [0.1, 0.15) is 30.5 Å². The van der Waals surface area contributed by atoms with Gasteiger partial charge in [0.25, 0.3) is 0 Å². The van der Waals surface area contributed by atoms with Gasteiger partial charge in [-0.3, -0.25) is 4.98 Å². The second-order valence-electron chi connectivity index (χ2n) is 7.20. The molecule has 0 aliphatic carbocycles. The molecule has 1 aromatic heterocycles. The Balaban J connectivity index is 1.80. The average Bonchev–Trinajstić information content (AvgIpc) is 2.90. The monoisotopic (exact) mass is 343 g/mol. The van der Waals surface area contributed by atoms with E-state index in [2.05, 4.69) is 92.0 Å². The molecular weight excluding hydrogens is 318 g/mol. The van der Waals surface area contributed by atoms with Crippen LogP contribution in [0.25, 0.3) is 10.9 Å². The molecule has 0 amide bonds. The quantitative estimate of drug-likeness (QED) is 0.595. The summed E-state index contributed by atoms with van der Waals surface area (Å²) in [4.78, 5) is 9.31. The fourth-order valence-corrected chi connectivity index (χ4v) is 4.20. The number of anilines is 2.